The fourth-order valence-electron chi connectivity index (χ4n) is 3.72. The van der Waals surface area contributed by atoms with Gasteiger partial charge in [-0.2, -0.15) is 0 Å². The minimum atomic E-state index is -0.835. The molecule has 5 nitrogen and oxygen atoms in total. The van der Waals surface area contributed by atoms with Gasteiger partial charge in [-0.05, 0) is 26.7 Å². The van der Waals surface area contributed by atoms with Gasteiger partial charge in [-0.25, -0.2) is 0 Å². The maximum absolute atomic E-state index is 12.6. The number of hydrogen-bond donors (Lipinski definition) is 2. The van der Waals surface area contributed by atoms with E-state index in [0.717, 1.165) is 19.4 Å². The number of hydrogen-bond acceptors (Lipinski definition) is 4. The third-order valence-electron chi connectivity index (χ3n) is 5.01. The standard InChI is InChI=1S/C15H28N2O3/c1-5-19-9-10(2)17-13(18)15(16)11-7-6-8-20-12(11)14(15,3)4/h10-12H,5-9,16H2,1-4H3,(H,17,18). The highest BCUT2D eigenvalue weighted by Gasteiger charge is 2.70. The number of rotatable bonds is 5. The van der Waals surface area contributed by atoms with E-state index in [9.17, 15) is 4.79 Å². The summed E-state index contributed by atoms with van der Waals surface area (Å²) in [7, 11) is 0. The van der Waals surface area contributed by atoms with Crippen LogP contribution in [0.4, 0.5) is 0 Å². The normalized spacial score (nSPS) is 36.6. The largest absolute Gasteiger partial charge is 0.380 e. The van der Waals surface area contributed by atoms with Gasteiger partial charge >= 0.3 is 0 Å². The molecule has 1 amide bonds. The summed E-state index contributed by atoms with van der Waals surface area (Å²) in [6, 6.07) is -0.0257. The van der Waals surface area contributed by atoms with Gasteiger partial charge in [-0.15, -0.1) is 0 Å². The van der Waals surface area contributed by atoms with Gasteiger partial charge in [0.15, 0.2) is 0 Å². The summed E-state index contributed by atoms with van der Waals surface area (Å²) in [5.74, 6) is 0.0620. The van der Waals surface area contributed by atoms with Gasteiger partial charge in [-0.1, -0.05) is 13.8 Å². The first-order valence-electron chi connectivity index (χ1n) is 7.64. The lowest BCUT2D eigenvalue weighted by Gasteiger charge is -2.65. The second-order valence-corrected chi connectivity index (χ2v) is 6.66. The third-order valence-corrected chi connectivity index (χ3v) is 5.01. The van der Waals surface area contributed by atoms with E-state index >= 15 is 0 Å². The highest BCUT2D eigenvalue weighted by atomic mass is 16.5. The summed E-state index contributed by atoms with van der Waals surface area (Å²) < 4.78 is 11.2. The Morgan fingerprint density at radius 1 is 1.55 bits per heavy atom. The van der Waals surface area contributed by atoms with Gasteiger partial charge in [0.1, 0.15) is 5.54 Å². The van der Waals surface area contributed by atoms with E-state index in [-0.39, 0.29) is 29.4 Å². The second kappa shape index (κ2) is 5.62. The van der Waals surface area contributed by atoms with Crippen LogP contribution in [0.2, 0.25) is 0 Å². The zero-order valence-corrected chi connectivity index (χ0v) is 13.1. The van der Waals surface area contributed by atoms with Gasteiger partial charge in [0, 0.05) is 30.6 Å². The van der Waals surface area contributed by atoms with Crippen LogP contribution in [0, 0.1) is 11.3 Å². The van der Waals surface area contributed by atoms with Gasteiger partial charge in [0.2, 0.25) is 5.91 Å². The van der Waals surface area contributed by atoms with E-state index in [2.05, 4.69) is 5.32 Å². The Labute approximate surface area is 121 Å². The maximum atomic E-state index is 12.6. The number of nitrogens with two attached hydrogens (primary N) is 1. The molecule has 5 heteroatoms. The molecular formula is C15H28N2O3. The highest BCUT2D eigenvalue weighted by molar-refractivity contribution is 5.89. The van der Waals surface area contributed by atoms with Crippen molar-refractivity contribution in [2.75, 3.05) is 19.8 Å². The molecule has 1 saturated carbocycles. The highest BCUT2D eigenvalue weighted by Crippen LogP contribution is 2.57. The van der Waals surface area contributed by atoms with Crippen molar-refractivity contribution >= 4 is 5.91 Å². The molecule has 4 unspecified atom stereocenters. The van der Waals surface area contributed by atoms with E-state index in [1.165, 1.54) is 0 Å². The molecule has 20 heavy (non-hydrogen) atoms. The summed E-state index contributed by atoms with van der Waals surface area (Å²) in [5.41, 5.74) is 5.36. The summed E-state index contributed by atoms with van der Waals surface area (Å²) in [6.45, 7) is 9.90. The molecule has 0 aromatic carbocycles. The first kappa shape index (κ1) is 15.7. The van der Waals surface area contributed by atoms with Crippen molar-refractivity contribution < 1.29 is 14.3 Å². The molecular weight excluding hydrogens is 256 g/mol. The molecule has 3 N–H and O–H groups in total. The Kier molecular flexibility index (Phi) is 4.42. The smallest absolute Gasteiger partial charge is 0.241 e. The number of nitrogens with one attached hydrogen (secondary N) is 1. The Bertz CT molecular complexity index is 372. The quantitative estimate of drug-likeness (QED) is 0.792. The van der Waals surface area contributed by atoms with Gasteiger partial charge in [0.05, 0.1) is 12.7 Å². The van der Waals surface area contributed by atoms with Crippen LogP contribution in [-0.2, 0) is 14.3 Å². The topological polar surface area (TPSA) is 73.6 Å². The zero-order valence-electron chi connectivity index (χ0n) is 13.1. The second-order valence-electron chi connectivity index (χ2n) is 6.66. The minimum absolute atomic E-state index is 0.0257. The lowest BCUT2D eigenvalue weighted by Crippen LogP contribution is -2.82. The number of carbonyl (C=O) groups excluding carboxylic acids is 1. The molecule has 0 radical (unpaired) electrons. The number of ether oxygens (including phenoxy) is 2. The molecule has 4 atom stereocenters. The molecule has 2 rings (SSSR count). The molecule has 0 aromatic heterocycles. The summed E-state index contributed by atoms with van der Waals surface area (Å²) >= 11 is 0. The van der Waals surface area contributed by atoms with Crippen LogP contribution in [0.25, 0.3) is 0 Å². The van der Waals surface area contributed by atoms with E-state index in [0.29, 0.717) is 13.2 Å². The van der Waals surface area contributed by atoms with Crippen molar-refractivity contribution in [2.45, 2.75) is 58.2 Å². The van der Waals surface area contributed by atoms with E-state index in [1.807, 2.05) is 27.7 Å². The van der Waals surface area contributed by atoms with Crippen molar-refractivity contribution in [3.8, 4) is 0 Å². The van der Waals surface area contributed by atoms with Gasteiger partial charge in [-0.3, -0.25) is 4.79 Å². The Morgan fingerprint density at radius 3 is 2.90 bits per heavy atom. The number of fused-ring (bicyclic) bond motifs is 1. The zero-order chi connectivity index (χ0) is 15.0. The lowest BCUT2D eigenvalue weighted by atomic mass is 9.46. The molecule has 116 valence electrons. The van der Waals surface area contributed by atoms with Crippen molar-refractivity contribution in [2.24, 2.45) is 17.1 Å². The average Bonchev–Trinajstić information content (AvgIpc) is 2.44. The SMILES string of the molecule is CCOCC(C)NC(=O)C1(N)C2CCCOC2C1(C)C. The Morgan fingerprint density at radius 2 is 2.25 bits per heavy atom. The van der Waals surface area contributed by atoms with Crippen LogP contribution in [-0.4, -0.2) is 43.4 Å². The van der Waals surface area contributed by atoms with E-state index in [4.69, 9.17) is 15.2 Å². The van der Waals surface area contributed by atoms with Crippen molar-refractivity contribution in [3.05, 3.63) is 0 Å². The van der Waals surface area contributed by atoms with Crippen LogP contribution in [0.5, 0.6) is 0 Å². The molecule has 1 saturated heterocycles. The molecule has 0 spiro atoms. The molecule has 1 heterocycles. The van der Waals surface area contributed by atoms with Crippen LogP contribution in [0.15, 0.2) is 0 Å². The predicted octanol–water partition coefficient (Wildman–Crippen LogP) is 1.06. The molecule has 1 aliphatic carbocycles. The molecule has 2 aliphatic rings. The maximum Gasteiger partial charge on any atom is 0.241 e. The fraction of sp³-hybridized carbons (Fsp3) is 0.933. The molecule has 2 fully saturated rings. The van der Waals surface area contributed by atoms with Crippen molar-refractivity contribution in [3.63, 3.8) is 0 Å². The lowest BCUT2D eigenvalue weighted by molar-refractivity contribution is -0.225. The number of amides is 1. The third kappa shape index (κ3) is 2.26. The number of carbonyl (C=O) groups is 1. The van der Waals surface area contributed by atoms with E-state index in [1.54, 1.807) is 0 Å². The van der Waals surface area contributed by atoms with Crippen molar-refractivity contribution in [1.82, 2.24) is 5.32 Å². The minimum Gasteiger partial charge on any atom is -0.380 e. The first-order chi connectivity index (χ1) is 9.35. The molecule has 1 aliphatic heterocycles. The Balaban J connectivity index is 2.03. The van der Waals surface area contributed by atoms with Crippen LogP contribution in [0.1, 0.15) is 40.5 Å². The first-order valence-corrected chi connectivity index (χ1v) is 7.64. The summed E-state index contributed by atoms with van der Waals surface area (Å²) in [5, 5.41) is 3.00. The summed E-state index contributed by atoms with van der Waals surface area (Å²) in [6.07, 6.45) is 2.06. The summed E-state index contributed by atoms with van der Waals surface area (Å²) in [4.78, 5) is 12.6. The Hall–Kier alpha value is -0.650. The van der Waals surface area contributed by atoms with Crippen LogP contribution in [0.3, 0.4) is 0 Å². The van der Waals surface area contributed by atoms with Gasteiger partial charge in [0.25, 0.3) is 0 Å². The van der Waals surface area contributed by atoms with Crippen LogP contribution < -0.4 is 11.1 Å². The predicted molar refractivity (Wildman–Crippen MR) is 77.3 cm³/mol. The van der Waals surface area contributed by atoms with Gasteiger partial charge < -0.3 is 20.5 Å². The molecule has 0 bridgehead atoms. The average molecular weight is 284 g/mol. The molecule has 0 aromatic rings. The van der Waals surface area contributed by atoms with Crippen LogP contribution >= 0.6 is 0 Å². The fourth-order valence-corrected chi connectivity index (χ4v) is 3.72. The monoisotopic (exact) mass is 284 g/mol. The van der Waals surface area contributed by atoms with E-state index < -0.39 is 5.54 Å². The van der Waals surface area contributed by atoms with Crippen molar-refractivity contribution in [1.29, 1.82) is 0 Å².